The van der Waals surface area contributed by atoms with Crippen molar-refractivity contribution in [1.82, 2.24) is 5.32 Å². The normalized spacial score (nSPS) is 12.2. The monoisotopic (exact) mass is 185 g/mol. The number of hydrogen-bond donors (Lipinski definition) is 1. The standard InChI is InChI=1S/C10H19NO2/c1-8(9(2)12)6-4-5-7-11-10(3)13/h8H,4-7H2,1-3H3,(H,11,13)/t8-/m0/s1. The Balaban J connectivity index is 3.26. The second-order valence-corrected chi connectivity index (χ2v) is 3.49. The van der Waals surface area contributed by atoms with E-state index in [1.54, 1.807) is 6.92 Å². The predicted octanol–water partition coefficient (Wildman–Crippen LogP) is 1.52. The van der Waals surface area contributed by atoms with Crippen LogP contribution in [0.4, 0.5) is 0 Å². The van der Waals surface area contributed by atoms with E-state index in [1.807, 2.05) is 6.92 Å². The summed E-state index contributed by atoms with van der Waals surface area (Å²) < 4.78 is 0. The maximum Gasteiger partial charge on any atom is 0.216 e. The highest BCUT2D eigenvalue weighted by atomic mass is 16.1. The minimum Gasteiger partial charge on any atom is -0.356 e. The Morgan fingerprint density at radius 1 is 1.23 bits per heavy atom. The van der Waals surface area contributed by atoms with Crippen LogP contribution in [-0.4, -0.2) is 18.2 Å². The van der Waals surface area contributed by atoms with E-state index in [9.17, 15) is 9.59 Å². The molecule has 0 heterocycles. The van der Waals surface area contributed by atoms with Crippen molar-refractivity contribution in [3.8, 4) is 0 Å². The van der Waals surface area contributed by atoms with Crippen LogP contribution in [-0.2, 0) is 9.59 Å². The van der Waals surface area contributed by atoms with Crippen molar-refractivity contribution in [1.29, 1.82) is 0 Å². The fourth-order valence-corrected chi connectivity index (χ4v) is 1.04. The second kappa shape index (κ2) is 6.63. The highest BCUT2D eigenvalue weighted by Crippen LogP contribution is 2.07. The minimum absolute atomic E-state index is 0.0135. The predicted molar refractivity (Wildman–Crippen MR) is 52.4 cm³/mol. The molecule has 0 spiro atoms. The van der Waals surface area contributed by atoms with Crippen LogP contribution in [0, 0.1) is 5.92 Å². The summed E-state index contributed by atoms with van der Waals surface area (Å²) in [5, 5.41) is 2.72. The van der Waals surface area contributed by atoms with Crippen LogP contribution in [0.2, 0.25) is 0 Å². The van der Waals surface area contributed by atoms with Gasteiger partial charge in [0.25, 0.3) is 0 Å². The maximum atomic E-state index is 10.8. The van der Waals surface area contributed by atoms with Crippen LogP contribution < -0.4 is 5.32 Å². The zero-order valence-electron chi connectivity index (χ0n) is 8.72. The summed E-state index contributed by atoms with van der Waals surface area (Å²) in [4.78, 5) is 21.3. The average molecular weight is 185 g/mol. The van der Waals surface area contributed by atoms with Gasteiger partial charge in [0.05, 0.1) is 0 Å². The lowest BCUT2D eigenvalue weighted by Crippen LogP contribution is -2.21. The Bertz CT molecular complexity index is 178. The topological polar surface area (TPSA) is 46.2 Å². The van der Waals surface area contributed by atoms with Crippen molar-refractivity contribution >= 4 is 11.7 Å². The van der Waals surface area contributed by atoms with Gasteiger partial charge in [-0.3, -0.25) is 9.59 Å². The summed E-state index contributed by atoms with van der Waals surface area (Å²) in [6.45, 7) is 5.80. The first-order valence-electron chi connectivity index (χ1n) is 4.79. The van der Waals surface area contributed by atoms with Crippen LogP contribution in [0.5, 0.6) is 0 Å². The summed E-state index contributed by atoms with van der Waals surface area (Å²) in [6.07, 6.45) is 2.88. The largest absolute Gasteiger partial charge is 0.356 e. The molecular weight excluding hydrogens is 166 g/mol. The Kier molecular flexibility index (Phi) is 6.20. The molecule has 3 nitrogen and oxygen atoms in total. The van der Waals surface area contributed by atoms with Gasteiger partial charge < -0.3 is 5.32 Å². The third kappa shape index (κ3) is 7.50. The molecular formula is C10H19NO2. The number of rotatable bonds is 6. The lowest BCUT2D eigenvalue weighted by atomic mass is 10.0. The number of ketones is 1. The molecule has 1 N–H and O–H groups in total. The molecule has 0 aliphatic rings. The molecule has 0 fully saturated rings. The van der Waals surface area contributed by atoms with Crippen molar-refractivity contribution in [3.63, 3.8) is 0 Å². The number of unbranched alkanes of at least 4 members (excludes halogenated alkanes) is 1. The molecule has 0 aromatic heterocycles. The molecule has 0 radical (unpaired) electrons. The highest BCUT2D eigenvalue weighted by molar-refractivity contribution is 5.77. The molecule has 3 heteroatoms. The molecule has 0 unspecified atom stereocenters. The van der Waals surface area contributed by atoms with Gasteiger partial charge in [-0.2, -0.15) is 0 Å². The molecule has 0 saturated carbocycles. The van der Waals surface area contributed by atoms with E-state index in [-0.39, 0.29) is 17.6 Å². The zero-order valence-corrected chi connectivity index (χ0v) is 8.72. The van der Waals surface area contributed by atoms with Crippen LogP contribution in [0.25, 0.3) is 0 Å². The van der Waals surface area contributed by atoms with Crippen molar-refractivity contribution in [2.45, 2.75) is 40.0 Å². The Hall–Kier alpha value is -0.860. The Labute approximate surface area is 79.9 Å². The SMILES string of the molecule is CC(=O)NCCCC[C@H](C)C(C)=O. The van der Waals surface area contributed by atoms with Crippen LogP contribution in [0.3, 0.4) is 0 Å². The van der Waals surface area contributed by atoms with E-state index in [2.05, 4.69) is 5.32 Å². The average Bonchev–Trinajstić information content (AvgIpc) is 2.02. The lowest BCUT2D eigenvalue weighted by molar-refractivity contribution is -0.121. The van der Waals surface area contributed by atoms with Crippen molar-refractivity contribution in [2.75, 3.05) is 6.54 Å². The lowest BCUT2D eigenvalue weighted by Gasteiger charge is -2.06. The molecule has 0 rings (SSSR count). The number of amides is 1. The van der Waals surface area contributed by atoms with Gasteiger partial charge >= 0.3 is 0 Å². The molecule has 0 saturated heterocycles. The first kappa shape index (κ1) is 12.1. The van der Waals surface area contributed by atoms with E-state index < -0.39 is 0 Å². The first-order chi connectivity index (χ1) is 6.04. The van der Waals surface area contributed by atoms with E-state index in [1.165, 1.54) is 6.92 Å². The van der Waals surface area contributed by atoms with Crippen molar-refractivity contribution < 1.29 is 9.59 Å². The minimum atomic E-state index is 0.0135. The molecule has 0 bridgehead atoms. The number of hydrogen-bond acceptors (Lipinski definition) is 2. The second-order valence-electron chi connectivity index (χ2n) is 3.49. The number of nitrogens with one attached hydrogen (secondary N) is 1. The van der Waals surface area contributed by atoms with Gasteiger partial charge in [-0.1, -0.05) is 13.3 Å². The smallest absolute Gasteiger partial charge is 0.216 e. The van der Waals surface area contributed by atoms with Gasteiger partial charge in [-0.05, 0) is 19.8 Å². The number of carbonyl (C=O) groups excluding carboxylic acids is 2. The third-order valence-corrected chi connectivity index (χ3v) is 2.13. The quantitative estimate of drug-likeness (QED) is 0.638. The summed E-state index contributed by atoms with van der Waals surface area (Å²) in [6, 6.07) is 0. The number of carbonyl (C=O) groups is 2. The van der Waals surface area contributed by atoms with Gasteiger partial charge in [0, 0.05) is 19.4 Å². The molecule has 0 aliphatic heterocycles. The van der Waals surface area contributed by atoms with Gasteiger partial charge in [-0.25, -0.2) is 0 Å². The van der Waals surface area contributed by atoms with E-state index >= 15 is 0 Å². The first-order valence-corrected chi connectivity index (χ1v) is 4.79. The van der Waals surface area contributed by atoms with Crippen LogP contribution in [0.15, 0.2) is 0 Å². The van der Waals surface area contributed by atoms with Crippen molar-refractivity contribution in [3.05, 3.63) is 0 Å². The molecule has 76 valence electrons. The summed E-state index contributed by atoms with van der Waals surface area (Å²) in [5.74, 6) is 0.427. The molecule has 1 amide bonds. The summed E-state index contributed by atoms with van der Waals surface area (Å²) in [5.41, 5.74) is 0. The molecule has 0 aliphatic carbocycles. The van der Waals surface area contributed by atoms with Gasteiger partial charge in [-0.15, -0.1) is 0 Å². The molecule has 0 aromatic carbocycles. The number of Topliss-reactive ketones (excluding diaryl/α,β-unsaturated/α-hetero) is 1. The van der Waals surface area contributed by atoms with Crippen molar-refractivity contribution in [2.24, 2.45) is 5.92 Å². The maximum absolute atomic E-state index is 10.8. The Morgan fingerprint density at radius 3 is 2.31 bits per heavy atom. The molecule has 13 heavy (non-hydrogen) atoms. The third-order valence-electron chi connectivity index (χ3n) is 2.13. The summed E-state index contributed by atoms with van der Waals surface area (Å²) >= 11 is 0. The highest BCUT2D eigenvalue weighted by Gasteiger charge is 2.05. The fourth-order valence-electron chi connectivity index (χ4n) is 1.04. The van der Waals surface area contributed by atoms with Gasteiger partial charge in [0.15, 0.2) is 0 Å². The molecule has 0 aromatic rings. The van der Waals surface area contributed by atoms with Crippen LogP contribution >= 0.6 is 0 Å². The van der Waals surface area contributed by atoms with E-state index in [4.69, 9.17) is 0 Å². The summed E-state index contributed by atoms with van der Waals surface area (Å²) in [7, 11) is 0. The van der Waals surface area contributed by atoms with Crippen LogP contribution in [0.1, 0.15) is 40.0 Å². The van der Waals surface area contributed by atoms with Gasteiger partial charge in [0.2, 0.25) is 5.91 Å². The fraction of sp³-hybridized carbons (Fsp3) is 0.800. The van der Waals surface area contributed by atoms with E-state index in [0.717, 1.165) is 25.8 Å². The van der Waals surface area contributed by atoms with Gasteiger partial charge in [0.1, 0.15) is 5.78 Å². The molecule has 1 atom stereocenters. The zero-order chi connectivity index (χ0) is 10.3. The van der Waals surface area contributed by atoms with E-state index in [0.29, 0.717) is 0 Å². The Morgan fingerprint density at radius 2 is 1.85 bits per heavy atom.